The van der Waals surface area contributed by atoms with Crippen LogP contribution in [0.1, 0.15) is 52.0 Å². The summed E-state index contributed by atoms with van der Waals surface area (Å²) in [5, 5.41) is 3.82. The van der Waals surface area contributed by atoms with Crippen molar-refractivity contribution in [2.24, 2.45) is 5.92 Å². The van der Waals surface area contributed by atoms with Gasteiger partial charge in [-0.15, -0.1) is 0 Å². The summed E-state index contributed by atoms with van der Waals surface area (Å²) in [5.74, 6) is 1.02. The summed E-state index contributed by atoms with van der Waals surface area (Å²) in [6, 6.07) is 8.89. The van der Waals surface area contributed by atoms with Gasteiger partial charge < -0.3 is 5.32 Å². The van der Waals surface area contributed by atoms with Crippen LogP contribution in [-0.4, -0.2) is 22.0 Å². The minimum absolute atomic E-state index is 0.295. The number of hydrogen-bond acceptors (Lipinski definition) is 2. The maximum Gasteiger partial charge on any atom is 0.0564 e. The Morgan fingerprint density at radius 2 is 1.90 bits per heavy atom. The van der Waals surface area contributed by atoms with Gasteiger partial charge in [-0.25, -0.2) is 0 Å². The Balaban J connectivity index is 2.08. The predicted molar refractivity (Wildman–Crippen MR) is 86.6 cm³/mol. The average molecular weight is 293 g/mol. The van der Waals surface area contributed by atoms with Gasteiger partial charge in [-0.05, 0) is 48.9 Å². The van der Waals surface area contributed by atoms with E-state index in [0.717, 1.165) is 24.3 Å². The van der Waals surface area contributed by atoms with Crippen LogP contribution in [0, 0.1) is 5.92 Å². The molecule has 4 unspecified atom stereocenters. The van der Waals surface area contributed by atoms with Crippen molar-refractivity contribution in [3.8, 4) is 0 Å². The fourth-order valence-electron chi connectivity index (χ4n) is 3.14. The SMILES string of the molecule is CCNC1CCC(S(=O)c2ccc(C(C)C)cc2)C1C. The van der Waals surface area contributed by atoms with Crippen LogP contribution in [0.3, 0.4) is 0 Å². The van der Waals surface area contributed by atoms with Crippen molar-refractivity contribution >= 4 is 10.8 Å². The molecule has 2 nitrogen and oxygen atoms in total. The van der Waals surface area contributed by atoms with Crippen molar-refractivity contribution in [1.29, 1.82) is 0 Å². The molecule has 112 valence electrons. The zero-order chi connectivity index (χ0) is 14.7. The van der Waals surface area contributed by atoms with Crippen LogP contribution in [0.2, 0.25) is 0 Å². The summed E-state index contributed by atoms with van der Waals surface area (Å²) in [4.78, 5) is 0.989. The number of hydrogen-bond donors (Lipinski definition) is 1. The Morgan fingerprint density at radius 1 is 1.25 bits per heavy atom. The third-order valence-electron chi connectivity index (χ3n) is 4.50. The van der Waals surface area contributed by atoms with Gasteiger partial charge >= 0.3 is 0 Å². The maximum absolute atomic E-state index is 12.8. The Kier molecular flexibility index (Phi) is 5.39. The lowest BCUT2D eigenvalue weighted by atomic mass is 10.0. The van der Waals surface area contributed by atoms with Gasteiger partial charge in [0.2, 0.25) is 0 Å². The van der Waals surface area contributed by atoms with E-state index in [1.54, 1.807) is 0 Å². The second kappa shape index (κ2) is 6.86. The molecule has 20 heavy (non-hydrogen) atoms. The summed E-state index contributed by atoms with van der Waals surface area (Å²) < 4.78 is 12.8. The molecule has 0 aliphatic heterocycles. The number of rotatable bonds is 5. The summed E-state index contributed by atoms with van der Waals surface area (Å²) >= 11 is 0. The molecule has 0 radical (unpaired) electrons. The molecule has 1 aliphatic rings. The highest BCUT2D eigenvalue weighted by atomic mass is 32.2. The van der Waals surface area contributed by atoms with E-state index in [9.17, 15) is 4.21 Å². The van der Waals surface area contributed by atoms with E-state index in [1.165, 1.54) is 5.56 Å². The molecule has 1 aromatic rings. The van der Waals surface area contributed by atoms with Gasteiger partial charge in [-0.2, -0.15) is 0 Å². The Bertz CT molecular complexity index is 455. The van der Waals surface area contributed by atoms with Crippen LogP contribution in [0.5, 0.6) is 0 Å². The lowest BCUT2D eigenvalue weighted by molar-refractivity contribution is 0.438. The third kappa shape index (κ3) is 3.32. The molecule has 3 heteroatoms. The number of benzene rings is 1. The molecular weight excluding hydrogens is 266 g/mol. The first-order chi connectivity index (χ1) is 9.54. The predicted octanol–water partition coefficient (Wildman–Crippen LogP) is 3.69. The minimum atomic E-state index is -0.875. The molecule has 1 saturated carbocycles. The zero-order valence-electron chi connectivity index (χ0n) is 13.1. The maximum atomic E-state index is 12.8. The highest BCUT2D eigenvalue weighted by molar-refractivity contribution is 7.85. The van der Waals surface area contributed by atoms with E-state index in [2.05, 4.69) is 57.3 Å². The molecule has 0 bridgehead atoms. The first-order valence-corrected chi connectivity index (χ1v) is 8.99. The molecule has 0 spiro atoms. The summed E-state index contributed by atoms with van der Waals surface area (Å²) in [6.45, 7) is 9.75. The summed E-state index contributed by atoms with van der Waals surface area (Å²) in [7, 11) is -0.875. The van der Waals surface area contributed by atoms with E-state index in [0.29, 0.717) is 23.1 Å². The number of nitrogens with one attached hydrogen (secondary N) is 1. The lowest BCUT2D eigenvalue weighted by Gasteiger charge is -2.21. The molecule has 2 rings (SSSR count). The van der Waals surface area contributed by atoms with E-state index in [1.807, 2.05) is 0 Å². The average Bonchev–Trinajstić information content (AvgIpc) is 2.80. The van der Waals surface area contributed by atoms with Crippen LogP contribution in [0.15, 0.2) is 29.2 Å². The first-order valence-electron chi connectivity index (χ1n) is 7.78. The van der Waals surface area contributed by atoms with Gasteiger partial charge in [0.15, 0.2) is 0 Å². The molecule has 1 aliphatic carbocycles. The van der Waals surface area contributed by atoms with Crippen LogP contribution in [0.4, 0.5) is 0 Å². The molecule has 1 N–H and O–H groups in total. The molecule has 0 aromatic heterocycles. The van der Waals surface area contributed by atoms with E-state index >= 15 is 0 Å². The fourth-order valence-corrected chi connectivity index (χ4v) is 4.83. The molecule has 0 amide bonds. The zero-order valence-corrected chi connectivity index (χ0v) is 13.9. The van der Waals surface area contributed by atoms with Crippen molar-refractivity contribution < 1.29 is 4.21 Å². The second-order valence-electron chi connectivity index (χ2n) is 6.16. The summed E-state index contributed by atoms with van der Waals surface area (Å²) in [5.41, 5.74) is 1.32. The Hall–Kier alpha value is -0.670. The van der Waals surface area contributed by atoms with Gasteiger partial charge in [-0.1, -0.05) is 39.8 Å². The van der Waals surface area contributed by atoms with E-state index < -0.39 is 10.8 Å². The first kappa shape index (κ1) is 15.7. The van der Waals surface area contributed by atoms with Gasteiger partial charge in [0.05, 0.1) is 10.8 Å². The topological polar surface area (TPSA) is 29.1 Å². The van der Waals surface area contributed by atoms with Crippen LogP contribution in [-0.2, 0) is 10.8 Å². The van der Waals surface area contributed by atoms with Gasteiger partial charge in [0.25, 0.3) is 0 Å². The minimum Gasteiger partial charge on any atom is -0.314 e. The quantitative estimate of drug-likeness (QED) is 0.897. The highest BCUT2D eigenvalue weighted by Crippen LogP contribution is 2.32. The van der Waals surface area contributed by atoms with Gasteiger partial charge in [-0.3, -0.25) is 4.21 Å². The van der Waals surface area contributed by atoms with Crippen molar-refractivity contribution in [2.75, 3.05) is 6.54 Å². The molecule has 1 aromatic carbocycles. The van der Waals surface area contributed by atoms with Gasteiger partial charge in [0.1, 0.15) is 0 Å². The third-order valence-corrected chi connectivity index (χ3v) is 6.46. The Labute approximate surface area is 125 Å². The van der Waals surface area contributed by atoms with E-state index in [-0.39, 0.29) is 0 Å². The van der Waals surface area contributed by atoms with E-state index in [4.69, 9.17) is 0 Å². The molecule has 0 saturated heterocycles. The second-order valence-corrected chi connectivity index (χ2v) is 7.83. The smallest absolute Gasteiger partial charge is 0.0564 e. The molecule has 0 heterocycles. The molecular formula is C17H27NOS. The van der Waals surface area contributed by atoms with Gasteiger partial charge in [0, 0.05) is 16.2 Å². The fraction of sp³-hybridized carbons (Fsp3) is 0.647. The lowest BCUT2D eigenvalue weighted by Crippen LogP contribution is -2.34. The van der Waals surface area contributed by atoms with Crippen molar-refractivity contribution in [2.45, 2.75) is 62.6 Å². The van der Waals surface area contributed by atoms with Crippen LogP contribution in [0.25, 0.3) is 0 Å². The van der Waals surface area contributed by atoms with Crippen LogP contribution >= 0.6 is 0 Å². The monoisotopic (exact) mass is 293 g/mol. The highest BCUT2D eigenvalue weighted by Gasteiger charge is 2.36. The summed E-state index contributed by atoms with van der Waals surface area (Å²) in [6.07, 6.45) is 2.22. The van der Waals surface area contributed by atoms with Crippen molar-refractivity contribution in [1.82, 2.24) is 5.32 Å². The molecule has 4 atom stereocenters. The standard InChI is InChI=1S/C17H27NOS/c1-5-18-16-10-11-17(13(16)4)20(19)15-8-6-14(7-9-15)12(2)3/h6-9,12-13,16-18H,5,10-11H2,1-4H3. The van der Waals surface area contributed by atoms with Crippen molar-refractivity contribution in [3.05, 3.63) is 29.8 Å². The van der Waals surface area contributed by atoms with Crippen molar-refractivity contribution in [3.63, 3.8) is 0 Å². The van der Waals surface area contributed by atoms with Crippen LogP contribution < -0.4 is 5.32 Å². The Morgan fingerprint density at radius 3 is 2.45 bits per heavy atom. The normalized spacial score (nSPS) is 27.9. The molecule has 1 fully saturated rings. The largest absolute Gasteiger partial charge is 0.314 e.